The van der Waals surface area contributed by atoms with Crippen molar-refractivity contribution in [3.8, 4) is 10.6 Å². The van der Waals surface area contributed by atoms with Crippen molar-refractivity contribution in [1.82, 2.24) is 15.0 Å². The molecule has 184 valence electrons. The van der Waals surface area contributed by atoms with Crippen molar-refractivity contribution < 1.29 is 18.3 Å². The highest BCUT2D eigenvalue weighted by molar-refractivity contribution is 7.21. The molecule has 1 aliphatic carbocycles. The number of anilines is 2. The number of benzene rings is 1. The predicted octanol–water partition coefficient (Wildman–Crippen LogP) is 6.37. The second kappa shape index (κ2) is 9.83. The molecule has 1 saturated carbocycles. The van der Waals surface area contributed by atoms with Crippen LogP contribution in [0.25, 0.3) is 20.8 Å². The van der Waals surface area contributed by atoms with Crippen LogP contribution in [-0.4, -0.2) is 44.9 Å². The van der Waals surface area contributed by atoms with Crippen LogP contribution in [0, 0.1) is 11.8 Å². The minimum absolute atomic E-state index is 0.0655. The van der Waals surface area contributed by atoms with Crippen LogP contribution in [0.4, 0.5) is 24.9 Å². The summed E-state index contributed by atoms with van der Waals surface area (Å²) in [4.78, 5) is 13.6. The van der Waals surface area contributed by atoms with Crippen LogP contribution in [0.3, 0.4) is 0 Å². The molecule has 1 aliphatic rings. The number of hydrogen-bond acceptors (Lipinski definition) is 7. The topological polar surface area (TPSA) is 83.0 Å². The van der Waals surface area contributed by atoms with E-state index in [2.05, 4.69) is 34.4 Å². The lowest BCUT2D eigenvalue weighted by atomic mass is 9.86. The first-order valence-corrected chi connectivity index (χ1v) is 12.4. The molecule has 0 bridgehead atoms. The molecule has 1 fully saturated rings. The van der Waals surface area contributed by atoms with E-state index in [0.29, 0.717) is 16.4 Å². The Morgan fingerprint density at radius 2 is 2.00 bits per heavy atom. The Hall–Kier alpha value is -2.17. The summed E-state index contributed by atoms with van der Waals surface area (Å²) < 4.78 is 38.5. The average molecular weight is 514 g/mol. The van der Waals surface area contributed by atoms with E-state index in [-0.39, 0.29) is 48.0 Å². The molecule has 3 N–H and O–H groups in total. The van der Waals surface area contributed by atoms with Crippen LogP contribution in [0.15, 0.2) is 24.3 Å². The maximum atomic E-state index is 12.5. The van der Waals surface area contributed by atoms with E-state index in [9.17, 15) is 18.3 Å². The third-order valence-corrected chi connectivity index (χ3v) is 8.01. The van der Waals surface area contributed by atoms with Gasteiger partial charge in [0, 0.05) is 25.1 Å². The number of nitrogens with one attached hydrogen (secondary N) is 2. The zero-order chi connectivity index (χ0) is 24.5. The lowest BCUT2D eigenvalue weighted by Gasteiger charge is -2.33. The number of halogens is 4. The Morgan fingerprint density at radius 3 is 2.68 bits per heavy atom. The van der Waals surface area contributed by atoms with Gasteiger partial charge >= 0.3 is 6.18 Å². The van der Waals surface area contributed by atoms with Gasteiger partial charge in [-0.05, 0) is 50.2 Å². The summed E-state index contributed by atoms with van der Waals surface area (Å²) in [6.07, 6.45) is -3.49. The Balaban J connectivity index is 1.68. The number of thiazole rings is 1. The standard InChI is InChI=1S/C23H27ClF3N5OS/c1-13-14(12-33)8-10-22(13,2)32-19-17(20-29-15-6-3-4-7-16(15)34-20)18(24)30-21(31-19)28-11-5-9-23(25,26)27/h3-4,6-7,13-14,33H,5,8-12H2,1-2H3,(H2,28,30,31,32)/t13-,14-,22+/m1/s1. The summed E-state index contributed by atoms with van der Waals surface area (Å²) >= 11 is 8.09. The van der Waals surface area contributed by atoms with Crippen LogP contribution >= 0.6 is 22.9 Å². The number of nitrogens with zero attached hydrogens (tertiary/aromatic N) is 3. The van der Waals surface area contributed by atoms with Gasteiger partial charge in [-0.2, -0.15) is 18.2 Å². The summed E-state index contributed by atoms with van der Waals surface area (Å²) in [6.45, 7) is 4.36. The molecule has 0 amide bonds. The van der Waals surface area contributed by atoms with Crippen molar-refractivity contribution in [3.63, 3.8) is 0 Å². The Bertz CT molecular complexity index is 1120. The van der Waals surface area contributed by atoms with E-state index >= 15 is 0 Å². The van der Waals surface area contributed by atoms with Gasteiger partial charge in [0.05, 0.1) is 15.8 Å². The number of aliphatic hydroxyl groups excluding tert-OH is 1. The number of alkyl halides is 3. The van der Waals surface area contributed by atoms with Gasteiger partial charge in [-0.25, -0.2) is 9.97 Å². The molecule has 0 saturated heterocycles. The van der Waals surface area contributed by atoms with Gasteiger partial charge < -0.3 is 15.7 Å². The van der Waals surface area contributed by atoms with Crippen molar-refractivity contribution in [2.24, 2.45) is 11.8 Å². The molecule has 0 aliphatic heterocycles. The number of aromatic nitrogens is 3. The van der Waals surface area contributed by atoms with Crippen LogP contribution in [-0.2, 0) is 0 Å². The summed E-state index contributed by atoms with van der Waals surface area (Å²) in [6, 6.07) is 7.74. The van der Waals surface area contributed by atoms with Gasteiger partial charge in [0.25, 0.3) is 0 Å². The third-order valence-electron chi connectivity index (χ3n) is 6.68. The van der Waals surface area contributed by atoms with Crippen molar-refractivity contribution in [2.75, 3.05) is 23.8 Å². The normalized spacial score (nSPS) is 22.9. The molecule has 2 heterocycles. The Morgan fingerprint density at radius 1 is 1.24 bits per heavy atom. The molecule has 3 atom stereocenters. The smallest absolute Gasteiger partial charge is 0.389 e. The zero-order valence-electron chi connectivity index (χ0n) is 18.9. The average Bonchev–Trinajstić information content (AvgIpc) is 3.31. The van der Waals surface area contributed by atoms with Crippen molar-refractivity contribution in [2.45, 2.75) is 51.2 Å². The molecular formula is C23H27ClF3N5OS. The number of rotatable bonds is 8. The second-order valence-electron chi connectivity index (χ2n) is 9.01. The summed E-state index contributed by atoms with van der Waals surface area (Å²) in [5, 5.41) is 17.0. The highest BCUT2D eigenvalue weighted by atomic mass is 35.5. The first kappa shape index (κ1) is 24.9. The number of hydrogen-bond donors (Lipinski definition) is 3. The third kappa shape index (κ3) is 5.39. The van der Waals surface area contributed by atoms with Crippen molar-refractivity contribution in [3.05, 3.63) is 29.4 Å². The largest absolute Gasteiger partial charge is 0.396 e. The van der Waals surface area contributed by atoms with Gasteiger partial charge in [-0.1, -0.05) is 30.7 Å². The molecular weight excluding hydrogens is 487 g/mol. The number of aliphatic hydroxyl groups is 1. The lowest BCUT2D eigenvalue weighted by Crippen LogP contribution is -2.40. The van der Waals surface area contributed by atoms with Crippen LogP contribution in [0.2, 0.25) is 5.15 Å². The Kier molecular flexibility index (Phi) is 7.21. The van der Waals surface area contributed by atoms with E-state index in [1.165, 1.54) is 11.3 Å². The fourth-order valence-corrected chi connectivity index (χ4v) is 5.77. The van der Waals surface area contributed by atoms with Gasteiger partial charge in [-0.15, -0.1) is 11.3 Å². The molecule has 0 spiro atoms. The minimum atomic E-state index is -4.21. The van der Waals surface area contributed by atoms with Crippen LogP contribution in [0.1, 0.15) is 39.5 Å². The molecule has 34 heavy (non-hydrogen) atoms. The predicted molar refractivity (Wildman–Crippen MR) is 130 cm³/mol. The fraction of sp³-hybridized carbons (Fsp3) is 0.522. The van der Waals surface area contributed by atoms with Crippen LogP contribution < -0.4 is 10.6 Å². The van der Waals surface area contributed by atoms with E-state index in [1.54, 1.807) is 0 Å². The van der Waals surface area contributed by atoms with Gasteiger partial charge in [0.2, 0.25) is 5.95 Å². The van der Waals surface area contributed by atoms with Gasteiger partial charge in [0.15, 0.2) is 0 Å². The van der Waals surface area contributed by atoms with Crippen LogP contribution in [0.5, 0.6) is 0 Å². The molecule has 3 aromatic rings. The van der Waals surface area contributed by atoms with E-state index < -0.39 is 12.6 Å². The molecule has 0 unspecified atom stereocenters. The maximum absolute atomic E-state index is 12.5. The second-order valence-corrected chi connectivity index (χ2v) is 10.4. The highest BCUT2D eigenvalue weighted by Gasteiger charge is 2.43. The molecule has 1 aromatic carbocycles. The number of para-hydroxylation sites is 1. The first-order valence-electron chi connectivity index (χ1n) is 11.2. The molecule has 6 nitrogen and oxygen atoms in total. The molecule has 0 radical (unpaired) electrons. The quantitative estimate of drug-likeness (QED) is 0.240. The summed E-state index contributed by atoms with van der Waals surface area (Å²) in [7, 11) is 0. The first-order chi connectivity index (χ1) is 16.1. The molecule has 11 heteroatoms. The lowest BCUT2D eigenvalue weighted by molar-refractivity contribution is -0.134. The Labute approximate surface area is 205 Å². The summed E-state index contributed by atoms with van der Waals surface area (Å²) in [5.74, 6) is 0.969. The maximum Gasteiger partial charge on any atom is 0.389 e. The monoisotopic (exact) mass is 513 g/mol. The van der Waals surface area contributed by atoms with Gasteiger partial charge in [0.1, 0.15) is 16.0 Å². The number of fused-ring (bicyclic) bond motifs is 1. The minimum Gasteiger partial charge on any atom is -0.396 e. The van der Waals surface area contributed by atoms with Crippen molar-refractivity contribution >= 4 is 44.9 Å². The van der Waals surface area contributed by atoms with Crippen molar-refractivity contribution in [1.29, 1.82) is 0 Å². The van der Waals surface area contributed by atoms with E-state index in [4.69, 9.17) is 16.6 Å². The SMILES string of the molecule is C[C@@H]1[C@@H](CO)CC[C@]1(C)Nc1nc(NCCCC(F)(F)F)nc(Cl)c1-c1nc2ccccc2s1. The molecule has 4 rings (SSSR count). The molecule has 2 aromatic heterocycles. The van der Waals surface area contributed by atoms with E-state index in [0.717, 1.165) is 23.1 Å². The highest BCUT2D eigenvalue weighted by Crippen LogP contribution is 2.45. The fourth-order valence-electron chi connectivity index (χ4n) is 4.44. The van der Waals surface area contributed by atoms with E-state index in [1.807, 2.05) is 24.3 Å². The van der Waals surface area contributed by atoms with Gasteiger partial charge in [-0.3, -0.25) is 0 Å². The zero-order valence-corrected chi connectivity index (χ0v) is 20.5. The summed E-state index contributed by atoms with van der Waals surface area (Å²) in [5.41, 5.74) is 1.04.